The minimum Gasteiger partial charge on any atom is -0.376 e. The Morgan fingerprint density at radius 1 is 1.41 bits per heavy atom. The lowest BCUT2D eigenvalue weighted by atomic mass is 10.1. The second kappa shape index (κ2) is 5.35. The molecule has 0 unspecified atom stereocenters. The molecule has 1 N–H and O–H groups in total. The van der Waals surface area contributed by atoms with E-state index in [1.807, 2.05) is 13.0 Å². The summed E-state index contributed by atoms with van der Waals surface area (Å²) in [5, 5.41) is 7.65. The lowest BCUT2D eigenvalue weighted by Crippen LogP contribution is -2.32. The molecule has 3 heterocycles. The van der Waals surface area contributed by atoms with E-state index in [4.69, 9.17) is 9.26 Å². The third-order valence-electron chi connectivity index (χ3n) is 4.39. The number of carbonyl (C=O) groups is 1. The van der Waals surface area contributed by atoms with Gasteiger partial charge in [-0.1, -0.05) is 5.16 Å². The van der Waals surface area contributed by atoms with Gasteiger partial charge < -0.3 is 14.6 Å². The lowest BCUT2D eigenvalue weighted by molar-refractivity contribution is 0.0859. The third-order valence-corrected chi connectivity index (χ3v) is 4.39. The summed E-state index contributed by atoms with van der Waals surface area (Å²) >= 11 is 0. The van der Waals surface area contributed by atoms with Gasteiger partial charge in [0.1, 0.15) is 0 Å². The van der Waals surface area contributed by atoms with Crippen LogP contribution < -0.4 is 5.32 Å². The Hall–Kier alpha value is -1.95. The molecule has 1 saturated carbocycles. The van der Waals surface area contributed by atoms with Gasteiger partial charge in [0, 0.05) is 24.8 Å². The maximum atomic E-state index is 12.6. The summed E-state index contributed by atoms with van der Waals surface area (Å²) in [6.07, 6.45) is 4.46. The number of nitrogens with one attached hydrogen (secondary N) is 1. The number of hydrogen-bond acceptors (Lipinski definition) is 5. The molecule has 1 atom stereocenters. The van der Waals surface area contributed by atoms with Crippen molar-refractivity contribution in [3.63, 3.8) is 0 Å². The van der Waals surface area contributed by atoms with E-state index in [1.54, 1.807) is 0 Å². The molecular weight excluding hydrogens is 282 g/mol. The van der Waals surface area contributed by atoms with Crippen molar-refractivity contribution in [1.82, 2.24) is 15.5 Å². The van der Waals surface area contributed by atoms with Gasteiger partial charge in [-0.3, -0.25) is 4.79 Å². The standard InChI is InChI=1S/C16H19N3O3/c1-9-14-12(15(20)17-8-11-3-2-6-21-11)7-13(10-4-5-10)18-16(14)22-19-9/h7,10-11H,2-6,8H2,1H3,(H,17,20)/t11-/m1/s1. The lowest BCUT2D eigenvalue weighted by Gasteiger charge is -2.11. The zero-order chi connectivity index (χ0) is 15.1. The Bertz CT molecular complexity index is 715. The van der Waals surface area contributed by atoms with Crippen molar-refractivity contribution < 1.29 is 14.1 Å². The van der Waals surface area contributed by atoms with Crippen LogP contribution in [-0.4, -0.2) is 35.3 Å². The van der Waals surface area contributed by atoms with E-state index < -0.39 is 0 Å². The van der Waals surface area contributed by atoms with Crippen molar-refractivity contribution in [2.24, 2.45) is 0 Å². The highest BCUT2D eigenvalue weighted by Crippen LogP contribution is 2.40. The summed E-state index contributed by atoms with van der Waals surface area (Å²) in [5.74, 6) is 0.357. The zero-order valence-corrected chi connectivity index (χ0v) is 12.6. The van der Waals surface area contributed by atoms with Gasteiger partial charge in [-0.15, -0.1) is 0 Å². The molecule has 2 fully saturated rings. The highest BCUT2D eigenvalue weighted by molar-refractivity contribution is 6.06. The normalized spacial score (nSPS) is 21.4. The molecule has 0 radical (unpaired) electrons. The number of aromatic nitrogens is 2. The van der Waals surface area contributed by atoms with Crippen molar-refractivity contribution in [2.75, 3.05) is 13.2 Å². The van der Waals surface area contributed by atoms with E-state index in [-0.39, 0.29) is 12.0 Å². The van der Waals surface area contributed by atoms with Crippen LogP contribution in [-0.2, 0) is 4.74 Å². The molecule has 2 aromatic heterocycles. The average molecular weight is 301 g/mol. The SMILES string of the molecule is Cc1noc2nc(C3CC3)cc(C(=O)NC[C@H]3CCCO3)c12. The van der Waals surface area contributed by atoms with Crippen molar-refractivity contribution in [2.45, 2.75) is 44.6 Å². The van der Waals surface area contributed by atoms with Crippen molar-refractivity contribution in [3.8, 4) is 0 Å². The van der Waals surface area contributed by atoms with Gasteiger partial charge in [0.2, 0.25) is 0 Å². The first-order chi connectivity index (χ1) is 10.7. The fourth-order valence-electron chi connectivity index (χ4n) is 2.99. The summed E-state index contributed by atoms with van der Waals surface area (Å²) in [5.41, 5.74) is 2.71. The highest BCUT2D eigenvalue weighted by atomic mass is 16.5. The highest BCUT2D eigenvalue weighted by Gasteiger charge is 2.28. The number of fused-ring (bicyclic) bond motifs is 1. The van der Waals surface area contributed by atoms with Crippen molar-refractivity contribution in [3.05, 3.63) is 23.0 Å². The van der Waals surface area contributed by atoms with Crippen LogP contribution in [0.4, 0.5) is 0 Å². The number of amides is 1. The molecule has 1 aliphatic carbocycles. The Labute approximate surface area is 128 Å². The van der Waals surface area contributed by atoms with Gasteiger partial charge in [-0.2, -0.15) is 0 Å². The number of hydrogen-bond donors (Lipinski definition) is 1. The Kier molecular flexibility index (Phi) is 3.33. The summed E-state index contributed by atoms with van der Waals surface area (Å²) in [6.45, 7) is 3.17. The summed E-state index contributed by atoms with van der Waals surface area (Å²) in [6, 6.07) is 1.90. The predicted molar refractivity (Wildman–Crippen MR) is 79.8 cm³/mol. The topological polar surface area (TPSA) is 77.2 Å². The molecule has 0 aromatic carbocycles. The summed E-state index contributed by atoms with van der Waals surface area (Å²) in [4.78, 5) is 17.1. The number of ether oxygens (including phenoxy) is 1. The molecule has 2 aromatic rings. The molecule has 4 rings (SSSR count). The summed E-state index contributed by atoms with van der Waals surface area (Å²) < 4.78 is 10.8. The third kappa shape index (κ3) is 2.47. The minimum atomic E-state index is -0.101. The smallest absolute Gasteiger partial charge is 0.259 e. The molecule has 1 saturated heterocycles. The van der Waals surface area contributed by atoms with E-state index >= 15 is 0 Å². The van der Waals surface area contributed by atoms with E-state index in [0.29, 0.717) is 34.8 Å². The van der Waals surface area contributed by atoms with Crippen LogP contribution >= 0.6 is 0 Å². The van der Waals surface area contributed by atoms with Gasteiger partial charge in [0.15, 0.2) is 0 Å². The second-order valence-corrected chi connectivity index (χ2v) is 6.16. The molecule has 0 spiro atoms. The minimum absolute atomic E-state index is 0.101. The number of carbonyl (C=O) groups excluding carboxylic acids is 1. The van der Waals surface area contributed by atoms with Gasteiger partial charge in [-0.25, -0.2) is 4.98 Å². The van der Waals surface area contributed by atoms with E-state index in [1.165, 1.54) is 0 Å². The molecule has 116 valence electrons. The van der Waals surface area contributed by atoms with Gasteiger partial charge in [0.05, 0.1) is 22.7 Å². The van der Waals surface area contributed by atoms with Crippen molar-refractivity contribution in [1.29, 1.82) is 0 Å². The van der Waals surface area contributed by atoms with Crippen LogP contribution in [0.15, 0.2) is 10.6 Å². The average Bonchev–Trinajstić information content (AvgIpc) is 3.13. The molecule has 6 nitrogen and oxygen atoms in total. The van der Waals surface area contributed by atoms with Crippen LogP contribution in [0.25, 0.3) is 11.1 Å². The molecule has 1 amide bonds. The molecule has 0 bridgehead atoms. The van der Waals surface area contributed by atoms with E-state index in [2.05, 4.69) is 15.5 Å². The van der Waals surface area contributed by atoms with Crippen LogP contribution in [0.2, 0.25) is 0 Å². The maximum Gasteiger partial charge on any atom is 0.259 e. The number of pyridine rings is 1. The van der Waals surface area contributed by atoms with Gasteiger partial charge in [-0.05, 0) is 38.7 Å². The van der Waals surface area contributed by atoms with Crippen LogP contribution in [0.3, 0.4) is 0 Å². The van der Waals surface area contributed by atoms with E-state index in [0.717, 1.165) is 38.0 Å². The first-order valence-electron chi connectivity index (χ1n) is 7.89. The van der Waals surface area contributed by atoms with Crippen LogP contribution in [0, 0.1) is 6.92 Å². The molecule has 22 heavy (non-hydrogen) atoms. The number of aryl methyl sites for hydroxylation is 1. The van der Waals surface area contributed by atoms with Crippen LogP contribution in [0.1, 0.15) is 53.3 Å². The first kappa shape index (κ1) is 13.7. The first-order valence-corrected chi connectivity index (χ1v) is 7.89. The van der Waals surface area contributed by atoms with Crippen LogP contribution in [0.5, 0.6) is 0 Å². The number of rotatable bonds is 4. The fourth-order valence-corrected chi connectivity index (χ4v) is 2.99. The monoisotopic (exact) mass is 301 g/mol. The zero-order valence-electron chi connectivity index (χ0n) is 12.6. The second-order valence-electron chi connectivity index (χ2n) is 6.16. The van der Waals surface area contributed by atoms with E-state index in [9.17, 15) is 4.79 Å². The molecule has 6 heteroatoms. The largest absolute Gasteiger partial charge is 0.376 e. The molecule has 1 aliphatic heterocycles. The van der Waals surface area contributed by atoms with Gasteiger partial charge in [0.25, 0.3) is 11.6 Å². The van der Waals surface area contributed by atoms with Crippen molar-refractivity contribution >= 4 is 17.0 Å². The molecule has 2 aliphatic rings. The number of nitrogens with zero attached hydrogens (tertiary/aromatic N) is 2. The predicted octanol–water partition coefficient (Wildman–Crippen LogP) is 2.32. The summed E-state index contributed by atoms with van der Waals surface area (Å²) in [7, 11) is 0. The molecular formula is C16H19N3O3. The quantitative estimate of drug-likeness (QED) is 0.937. The Balaban J connectivity index is 1.63. The maximum absolute atomic E-state index is 12.6. The Morgan fingerprint density at radius 2 is 2.27 bits per heavy atom. The van der Waals surface area contributed by atoms with Gasteiger partial charge >= 0.3 is 0 Å². The fraction of sp³-hybridized carbons (Fsp3) is 0.562. The Morgan fingerprint density at radius 3 is 3.00 bits per heavy atom.